The Labute approximate surface area is 154 Å². The first-order valence-electron chi connectivity index (χ1n) is 9.18. The third-order valence-electron chi connectivity index (χ3n) is 4.82. The molecule has 1 aliphatic heterocycles. The van der Waals surface area contributed by atoms with E-state index >= 15 is 0 Å². The van der Waals surface area contributed by atoms with Crippen LogP contribution >= 0.6 is 0 Å². The van der Waals surface area contributed by atoms with E-state index in [1.807, 2.05) is 35.0 Å². The highest BCUT2D eigenvalue weighted by molar-refractivity contribution is 6.21. The SMILES string of the molecule is CCCCn1ncc(N2C(=O)[C@@H](c3ccccc3)N(C)C2=O)c1C(C)C. The van der Waals surface area contributed by atoms with Crippen LogP contribution in [0.25, 0.3) is 0 Å². The summed E-state index contributed by atoms with van der Waals surface area (Å²) in [5.41, 5.74) is 2.36. The highest BCUT2D eigenvalue weighted by Gasteiger charge is 2.46. The summed E-state index contributed by atoms with van der Waals surface area (Å²) >= 11 is 0. The minimum atomic E-state index is -0.595. The van der Waals surface area contributed by atoms with E-state index in [4.69, 9.17) is 0 Å². The third kappa shape index (κ3) is 3.00. The molecule has 2 heterocycles. The van der Waals surface area contributed by atoms with Gasteiger partial charge < -0.3 is 4.90 Å². The lowest BCUT2D eigenvalue weighted by atomic mass is 10.1. The number of hydrogen-bond acceptors (Lipinski definition) is 3. The van der Waals surface area contributed by atoms with Gasteiger partial charge in [0.15, 0.2) is 0 Å². The smallest absolute Gasteiger partial charge is 0.311 e. The molecule has 0 spiro atoms. The van der Waals surface area contributed by atoms with Gasteiger partial charge in [0.2, 0.25) is 0 Å². The van der Waals surface area contributed by atoms with E-state index in [9.17, 15) is 9.59 Å². The molecule has 138 valence electrons. The van der Waals surface area contributed by atoms with E-state index in [2.05, 4.69) is 25.9 Å². The van der Waals surface area contributed by atoms with Gasteiger partial charge >= 0.3 is 6.03 Å². The maximum atomic E-state index is 13.2. The van der Waals surface area contributed by atoms with Crippen molar-refractivity contribution in [2.24, 2.45) is 0 Å². The Morgan fingerprint density at radius 3 is 2.46 bits per heavy atom. The molecule has 6 nitrogen and oxygen atoms in total. The number of amides is 3. The molecule has 0 radical (unpaired) electrons. The number of unbranched alkanes of at least 4 members (excludes halogenated alkanes) is 1. The number of urea groups is 1. The average molecular weight is 354 g/mol. The Morgan fingerprint density at radius 1 is 1.15 bits per heavy atom. The molecule has 1 fully saturated rings. The molecular weight excluding hydrogens is 328 g/mol. The number of benzene rings is 1. The molecule has 3 amide bonds. The largest absolute Gasteiger partial charge is 0.332 e. The normalized spacial score (nSPS) is 17.7. The van der Waals surface area contributed by atoms with Crippen LogP contribution in [0, 0.1) is 0 Å². The fraction of sp³-hybridized carbons (Fsp3) is 0.450. The van der Waals surface area contributed by atoms with Gasteiger partial charge in [-0.05, 0) is 17.9 Å². The number of rotatable bonds is 6. The van der Waals surface area contributed by atoms with Gasteiger partial charge in [-0.25, -0.2) is 9.69 Å². The Balaban J connectivity index is 2.00. The zero-order chi connectivity index (χ0) is 18.8. The molecule has 1 aliphatic rings. The van der Waals surface area contributed by atoms with Crippen molar-refractivity contribution in [3.63, 3.8) is 0 Å². The van der Waals surface area contributed by atoms with Crippen LogP contribution in [0.4, 0.5) is 10.5 Å². The van der Waals surface area contributed by atoms with Gasteiger partial charge in [0.25, 0.3) is 5.91 Å². The second-order valence-electron chi connectivity index (χ2n) is 7.03. The summed E-state index contributed by atoms with van der Waals surface area (Å²) in [6, 6.07) is 8.52. The second-order valence-corrected chi connectivity index (χ2v) is 7.03. The number of nitrogens with zero attached hydrogens (tertiary/aromatic N) is 4. The van der Waals surface area contributed by atoms with Crippen molar-refractivity contribution in [1.82, 2.24) is 14.7 Å². The van der Waals surface area contributed by atoms with Crippen molar-refractivity contribution < 1.29 is 9.59 Å². The molecule has 0 bridgehead atoms. The fourth-order valence-electron chi connectivity index (χ4n) is 3.51. The van der Waals surface area contributed by atoms with Crippen LogP contribution in [0.1, 0.15) is 56.8 Å². The Hall–Kier alpha value is -2.63. The maximum absolute atomic E-state index is 13.2. The van der Waals surface area contributed by atoms with Crippen molar-refractivity contribution in [3.8, 4) is 0 Å². The summed E-state index contributed by atoms with van der Waals surface area (Å²) < 4.78 is 1.93. The zero-order valence-corrected chi connectivity index (χ0v) is 15.8. The van der Waals surface area contributed by atoms with E-state index in [1.54, 1.807) is 13.2 Å². The zero-order valence-electron chi connectivity index (χ0n) is 15.8. The second kappa shape index (κ2) is 7.32. The van der Waals surface area contributed by atoms with Gasteiger partial charge in [0.05, 0.1) is 17.6 Å². The van der Waals surface area contributed by atoms with Gasteiger partial charge in [-0.2, -0.15) is 5.10 Å². The molecule has 2 aromatic rings. The van der Waals surface area contributed by atoms with E-state index in [-0.39, 0.29) is 17.9 Å². The topological polar surface area (TPSA) is 58.4 Å². The average Bonchev–Trinajstić information content (AvgIpc) is 3.13. The number of imide groups is 1. The molecule has 0 saturated carbocycles. The van der Waals surface area contributed by atoms with Gasteiger partial charge in [-0.15, -0.1) is 0 Å². The van der Waals surface area contributed by atoms with E-state index < -0.39 is 6.04 Å². The van der Waals surface area contributed by atoms with Gasteiger partial charge in [0.1, 0.15) is 6.04 Å². The van der Waals surface area contributed by atoms with Crippen molar-refractivity contribution in [2.75, 3.05) is 11.9 Å². The number of aryl methyl sites for hydroxylation is 1. The van der Waals surface area contributed by atoms with Crippen LogP contribution in [0.5, 0.6) is 0 Å². The predicted octanol–water partition coefficient (Wildman–Crippen LogP) is 3.95. The predicted molar refractivity (Wildman–Crippen MR) is 101 cm³/mol. The monoisotopic (exact) mass is 354 g/mol. The molecule has 1 aromatic heterocycles. The number of carbonyl (C=O) groups is 2. The molecule has 0 N–H and O–H groups in total. The van der Waals surface area contributed by atoms with E-state index in [1.165, 1.54) is 9.80 Å². The summed E-state index contributed by atoms with van der Waals surface area (Å²) in [5, 5.41) is 4.46. The summed E-state index contributed by atoms with van der Waals surface area (Å²) in [6.45, 7) is 7.04. The molecular formula is C20H26N4O2. The lowest BCUT2D eigenvalue weighted by Crippen LogP contribution is -2.32. The number of hydrogen-bond donors (Lipinski definition) is 0. The first-order valence-corrected chi connectivity index (χ1v) is 9.18. The van der Waals surface area contributed by atoms with Crippen LogP contribution in [-0.2, 0) is 11.3 Å². The number of anilines is 1. The minimum absolute atomic E-state index is 0.158. The molecule has 0 aliphatic carbocycles. The van der Waals surface area contributed by atoms with Crippen LogP contribution in [0.3, 0.4) is 0 Å². The highest BCUT2D eigenvalue weighted by Crippen LogP contribution is 2.36. The van der Waals surface area contributed by atoms with Crippen LogP contribution in [0.2, 0.25) is 0 Å². The molecule has 1 saturated heterocycles. The van der Waals surface area contributed by atoms with E-state index in [0.29, 0.717) is 5.69 Å². The molecule has 0 unspecified atom stereocenters. The number of aromatic nitrogens is 2. The summed E-state index contributed by atoms with van der Waals surface area (Å²) in [7, 11) is 1.68. The van der Waals surface area contributed by atoms with E-state index in [0.717, 1.165) is 30.6 Å². The molecule has 1 aromatic carbocycles. The summed E-state index contributed by atoms with van der Waals surface area (Å²) in [6.07, 6.45) is 3.73. The first kappa shape index (κ1) is 18.2. The van der Waals surface area contributed by atoms with Crippen LogP contribution in [-0.4, -0.2) is 33.7 Å². The Bertz CT molecular complexity index is 797. The fourth-order valence-corrected chi connectivity index (χ4v) is 3.51. The molecule has 26 heavy (non-hydrogen) atoms. The van der Waals surface area contributed by atoms with Crippen molar-refractivity contribution in [1.29, 1.82) is 0 Å². The van der Waals surface area contributed by atoms with Gasteiger partial charge in [-0.3, -0.25) is 9.48 Å². The first-order chi connectivity index (χ1) is 12.5. The van der Waals surface area contributed by atoms with Crippen molar-refractivity contribution in [2.45, 2.75) is 52.1 Å². The quantitative estimate of drug-likeness (QED) is 0.738. The molecule has 6 heteroatoms. The lowest BCUT2D eigenvalue weighted by Gasteiger charge is -2.17. The highest BCUT2D eigenvalue weighted by atomic mass is 16.2. The number of carbonyl (C=O) groups excluding carboxylic acids is 2. The third-order valence-corrected chi connectivity index (χ3v) is 4.82. The van der Waals surface area contributed by atoms with Crippen LogP contribution in [0.15, 0.2) is 36.5 Å². The van der Waals surface area contributed by atoms with Crippen LogP contribution < -0.4 is 4.90 Å². The maximum Gasteiger partial charge on any atom is 0.332 e. The standard InChI is InChI=1S/C20H26N4O2/c1-5-6-12-23-17(14(2)3)16(13-21-23)24-19(25)18(22(4)20(24)26)15-10-8-7-9-11-15/h7-11,13-14,18H,5-6,12H2,1-4H3/t18-/m1/s1. The summed E-state index contributed by atoms with van der Waals surface area (Å²) in [5.74, 6) is -0.0633. The lowest BCUT2D eigenvalue weighted by molar-refractivity contribution is -0.119. The van der Waals surface area contributed by atoms with Gasteiger partial charge in [0, 0.05) is 13.6 Å². The Morgan fingerprint density at radius 2 is 1.85 bits per heavy atom. The summed E-state index contributed by atoms with van der Waals surface area (Å²) in [4.78, 5) is 28.8. The number of likely N-dealkylation sites (N-methyl/N-ethyl adjacent to an activating group) is 1. The van der Waals surface area contributed by atoms with Crippen molar-refractivity contribution >= 4 is 17.6 Å². The molecule has 3 rings (SSSR count). The Kier molecular flexibility index (Phi) is 5.11. The van der Waals surface area contributed by atoms with Gasteiger partial charge in [-0.1, -0.05) is 57.5 Å². The minimum Gasteiger partial charge on any atom is -0.311 e. The van der Waals surface area contributed by atoms with Crippen molar-refractivity contribution in [3.05, 3.63) is 47.8 Å². The molecule has 1 atom stereocenters.